The monoisotopic (exact) mass is 318 g/mol. The minimum atomic E-state index is 0.00438. The Balaban J connectivity index is 1.80. The van der Waals surface area contributed by atoms with Crippen molar-refractivity contribution in [3.05, 3.63) is 29.8 Å². The van der Waals surface area contributed by atoms with Crippen LogP contribution in [0.1, 0.15) is 32.3 Å². The molecule has 1 saturated heterocycles. The first-order chi connectivity index (χ1) is 11.0. The Morgan fingerprint density at radius 2 is 1.83 bits per heavy atom. The zero-order chi connectivity index (χ0) is 16.8. The molecule has 5 nitrogen and oxygen atoms in total. The number of benzene rings is 1. The molecule has 0 aromatic heterocycles. The van der Waals surface area contributed by atoms with Crippen molar-refractivity contribution in [3.8, 4) is 5.75 Å². The lowest BCUT2D eigenvalue weighted by molar-refractivity contribution is -0.131. The maximum Gasteiger partial charge on any atom is 0.226 e. The summed E-state index contributed by atoms with van der Waals surface area (Å²) < 4.78 is 5.12. The third-order valence-electron chi connectivity index (χ3n) is 4.23. The number of carbonyl (C=O) groups excluding carboxylic acids is 2. The van der Waals surface area contributed by atoms with E-state index in [1.165, 1.54) is 0 Å². The minimum Gasteiger partial charge on any atom is -0.497 e. The molecule has 0 radical (unpaired) electrons. The van der Waals surface area contributed by atoms with Crippen molar-refractivity contribution < 1.29 is 14.3 Å². The van der Waals surface area contributed by atoms with Gasteiger partial charge in [-0.05, 0) is 30.5 Å². The van der Waals surface area contributed by atoms with Crippen LogP contribution in [0.25, 0.3) is 0 Å². The van der Waals surface area contributed by atoms with Crippen LogP contribution in [0.4, 0.5) is 0 Å². The normalized spacial score (nSPS) is 15.6. The predicted molar refractivity (Wildman–Crippen MR) is 89.3 cm³/mol. The second-order valence-electron chi connectivity index (χ2n) is 6.34. The number of piperidine rings is 1. The van der Waals surface area contributed by atoms with E-state index in [4.69, 9.17) is 4.74 Å². The highest BCUT2D eigenvalue weighted by Gasteiger charge is 2.24. The number of methoxy groups -OCH3 is 1. The third kappa shape index (κ3) is 4.98. The molecule has 0 atom stereocenters. The van der Waals surface area contributed by atoms with E-state index in [-0.39, 0.29) is 23.8 Å². The van der Waals surface area contributed by atoms with Crippen LogP contribution in [0.3, 0.4) is 0 Å². The van der Waals surface area contributed by atoms with Crippen molar-refractivity contribution in [2.45, 2.75) is 39.2 Å². The average Bonchev–Trinajstić information content (AvgIpc) is 2.56. The van der Waals surface area contributed by atoms with Gasteiger partial charge in [0.05, 0.1) is 13.5 Å². The molecule has 5 heteroatoms. The summed E-state index contributed by atoms with van der Waals surface area (Å²) in [6.45, 7) is 5.20. The molecule has 0 aliphatic carbocycles. The quantitative estimate of drug-likeness (QED) is 0.903. The lowest BCUT2D eigenvalue weighted by Gasteiger charge is -2.32. The number of nitrogens with zero attached hydrogens (tertiary/aromatic N) is 1. The van der Waals surface area contributed by atoms with Crippen molar-refractivity contribution in [2.75, 3.05) is 20.2 Å². The number of ether oxygens (including phenoxy) is 1. The molecule has 23 heavy (non-hydrogen) atoms. The van der Waals surface area contributed by atoms with E-state index in [1.807, 2.05) is 43.0 Å². The summed E-state index contributed by atoms with van der Waals surface area (Å²) in [6.07, 6.45) is 2.06. The van der Waals surface area contributed by atoms with E-state index in [2.05, 4.69) is 5.32 Å². The summed E-state index contributed by atoms with van der Waals surface area (Å²) >= 11 is 0. The molecular formula is C18H26N2O3. The van der Waals surface area contributed by atoms with Crippen molar-refractivity contribution >= 4 is 11.8 Å². The number of rotatable bonds is 5. The summed E-state index contributed by atoms with van der Waals surface area (Å²) in [7, 11) is 1.63. The molecule has 0 spiro atoms. The summed E-state index contributed by atoms with van der Waals surface area (Å²) in [6, 6.07) is 7.78. The van der Waals surface area contributed by atoms with Gasteiger partial charge in [0.2, 0.25) is 11.8 Å². The highest BCUT2D eigenvalue weighted by molar-refractivity contribution is 5.79. The number of hydrogen-bond acceptors (Lipinski definition) is 3. The van der Waals surface area contributed by atoms with Gasteiger partial charge in [-0.25, -0.2) is 0 Å². The van der Waals surface area contributed by atoms with Gasteiger partial charge in [-0.1, -0.05) is 26.0 Å². The topological polar surface area (TPSA) is 58.6 Å². The molecule has 126 valence electrons. The second kappa shape index (κ2) is 7.99. The number of carbonyl (C=O) groups is 2. The molecule has 1 fully saturated rings. The maximum atomic E-state index is 12.4. The summed E-state index contributed by atoms with van der Waals surface area (Å²) in [5, 5.41) is 3.05. The van der Waals surface area contributed by atoms with Gasteiger partial charge in [0.15, 0.2) is 0 Å². The zero-order valence-corrected chi connectivity index (χ0v) is 14.2. The van der Waals surface area contributed by atoms with Crippen LogP contribution in [0, 0.1) is 5.92 Å². The number of amides is 2. The molecule has 1 aliphatic rings. The highest BCUT2D eigenvalue weighted by Crippen LogP contribution is 2.15. The van der Waals surface area contributed by atoms with Gasteiger partial charge >= 0.3 is 0 Å². The molecule has 0 unspecified atom stereocenters. The van der Waals surface area contributed by atoms with Crippen LogP contribution >= 0.6 is 0 Å². The van der Waals surface area contributed by atoms with E-state index in [0.29, 0.717) is 19.5 Å². The van der Waals surface area contributed by atoms with Gasteiger partial charge in [0.25, 0.3) is 0 Å². The summed E-state index contributed by atoms with van der Waals surface area (Å²) in [5.41, 5.74) is 0.992. The fourth-order valence-corrected chi connectivity index (χ4v) is 2.67. The molecule has 1 aromatic carbocycles. The molecule has 1 aliphatic heterocycles. The Bertz CT molecular complexity index is 532. The molecule has 2 rings (SSSR count). The zero-order valence-electron chi connectivity index (χ0n) is 14.2. The Morgan fingerprint density at radius 3 is 2.35 bits per heavy atom. The van der Waals surface area contributed by atoms with E-state index in [0.717, 1.165) is 24.2 Å². The van der Waals surface area contributed by atoms with Gasteiger partial charge in [0, 0.05) is 25.0 Å². The number of nitrogens with one attached hydrogen (secondary N) is 1. The van der Waals surface area contributed by atoms with Crippen molar-refractivity contribution in [2.24, 2.45) is 5.92 Å². The molecule has 1 aromatic rings. The summed E-state index contributed by atoms with van der Waals surface area (Å²) in [5.74, 6) is 1.03. The smallest absolute Gasteiger partial charge is 0.226 e. The average molecular weight is 318 g/mol. The Hall–Kier alpha value is -2.04. The van der Waals surface area contributed by atoms with Crippen molar-refractivity contribution in [3.63, 3.8) is 0 Å². The number of likely N-dealkylation sites (tertiary alicyclic amines) is 1. The van der Waals surface area contributed by atoms with E-state index >= 15 is 0 Å². The standard InChI is InChI=1S/C18H26N2O3/c1-13(2)18(22)19-15-8-10-20(11-9-15)17(21)12-14-4-6-16(23-3)7-5-14/h4-7,13,15H,8-12H2,1-3H3,(H,19,22). The first kappa shape index (κ1) is 17.3. The lowest BCUT2D eigenvalue weighted by Crippen LogP contribution is -2.47. The van der Waals surface area contributed by atoms with E-state index < -0.39 is 0 Å². The van der Waals surface area contributed by atoms with Crippen LogP contribution in [-0.2, 0) is 16.0 Å². The molecule has 2 amide bonds. The van der Waals surface area contributed by atoms with Gasteiger partial charge in [-0.3, -0.25) is 9.59 Å². The van der Waals surface area contributed by atoms with Crippen LogP contribution in [-0.4, -0.2) is 43.0 Å². The minimum absolute atomic E-state index is 0.00438. The Morgan fingerprint density at radius 1 is 1.22 bits per heavy atom. The van der Waals surface area contributed by atoms with Gasteiger partial charge in [-0.2, -0.15) is 0 Å². The van der Waals surface area contributed by atoms with E-state index in [9.17, 15) is 9.59 Å². The summed E-state index contributed by atoms with van der Waals surface area (Å²) in [4.78, 5) is 26.0. The third-order valence-corrected chi connectivity index (χ3v) is 4.23. The SMILES string of the molecule is COc1ccc(CC(=O)N2CCC(NC(=O)C(C)C)CC2)cc1. The largest absolute Gasteiger partial charge is 0.497 e. The first-order valence-corrected chi connectivity index (χ1v) is 8.20. The Kier molecular flexibility index (Phi) is 6.02. The molecular weight excluding hydrogens is 292 g/mol. The van der Waals surface area contributed by atoms with Crippen LogP contribution in [0.2, 0.25) is 0 Å². The van der Waals surface area contributed by atoms with Crippen LogP contribution < -0.4 is 10.1 Å². The van der Waals surface area contributed by atoms with Crippen LogP contribution in [0.5, 0.6) is 5.75 Å². The first-order valence-electron chi connectivity index (χ1n) is 8.20. The van der Waals surface area contributed by atoms with Gasteiger partial charge < -0.3 is 15.0 Å². The predicted octanol–water partition coefficient (Wildman–Crippen LogP) is 2.00. The van der Waals surface area contributed by atoms with Crippen molar-refractivity contribution in [1.82, 2.24) is 10.2 Å². The fourth-order valence-electron chi connectivity index (χ4n) is 2.67. The number of hydrogen-bond donors (Lipinski definition) is 1. The fraction of sp³-hybridized carbons (Fsp3) is 0.556. The van der Waals surface area contributed by atoms with E-state index in [1.54, 1.807) is 7.11 Å². The molecule has 1 heterocycles. The van der Waals surface area contributed by atoms with Crippen LogP contribution in [0.15, 0.2) is 24.3 Å². The van der Waals surface area contributed by atoms with Crippen molar-refractivity contribution in [1.29, 1.82) is 0 Å². The highest BCUT2D eigenvalue weighted by atomic mass is 16.5. The molecule has 0 bridgehead atoms. The Labute approximate surface area is 138 Å². The van der Waals surface area contributed by atoms with Gasteiger partial charge in [0.1, 0.15) is 5.75 Å². The molecule has 1 N–H and O–H groups in total. The maximum absolute atomic E-state index is 12.4. The molecule has 0 saturated carbocycles. The second-order valence-corrected chi connectivity index (χ2v) is 6.34. The van der Waals surface area contributed by atoms with Gasteiger partial charge in [-0.15, -0.1) is 0 Å². The lowest BCUT2D eigenvalue weighted by atomic mass is 10.0.